The maximum atomic E-state index is 6.44. The standard InChI is InChI=1S/C21H16N2/c22-19-17-13-7-8-14-18(17)20(15-9-3-1-4-10-15)23-21(19)16-11-5-2-6-12-16/h1-14H,22H2. The second-order valence-corrected chi connectivity index (χ2v) is 5.50. The highest BCUT2D eigenvalue weighted by molar-refractivity contribution is 6.05. The molecular weight excluding hydrogens is 280 g/mol. The molecular formula is C21H16N2. The van der Waals surface area contributed by atoms with Crippen LogP contribution in [0.3, 0.4) is 0 Å². The van der Waals surface area contributed by atoms with E-state index in [0.29, 0.717) is 0 Å². The Morgan fingerprint density at radius 1 is 0.522 bits per heavy atom. The Kier molecular flexibility index (Phi) is 3.28. The van der Waals surface area contributed by atoms with Crippen molar-refractivity contribution in [2.75, 3.05) is 5.73 Å². The predicted molar refractivity (Wildman–Crippen MR) is 97.0 cm³/mol. The maximum absolute atomic E-state index is 6.44. The lowest BCUT2D eigenvalue weighted by Gasteiger charge is -2.13. The molecule has 0 amide bonds. The van der Waals surface area contributed by atoms with E-state index in [-0.39, 0.29) is 0 Å². The number of hydrogen-bond donors (Lipinski definition) is 1. The SMILES string of the molecule is Nc1c(-c2ccccc2)nc(-c2ccccc2)c2ccccc12. The first-order valence-electron chi connectivity index (χ1n) is 7.63. The molecule has 0 fully saturated rings. The molecule has 0 spiro atoms. The smallest absolute Gasteiger partial charge is 0.0945 e. The molecule has 2 N–H and O–H groups in total. The third-order valence-electron chi connectivity index (χ3n) is 4.05. The first kappa shape index (κ1) is 13.5. The van der Waals surface area contributed by atoms with E-state index < -0.39 is 0 Å². The Balaban J connectivity index is 2.08. The van der Waals surface area contributed by atoms with Gasteiger partial charge < -0.3 is 5.73 Å². The summed E-state index contributed by atoms with van der Waals surface area (Å²) in [5, 5.41) is 2.12. The van der Waals surface area contributed by atoms with Crippen LogP contribution in [0.5, 0.6) is 0 Å². The zero-order valence-corrected chi connectivity index (χ0v) is 12.6. The summed E-state index contributed by atoms with van der Waals surface area (Å²) in [6.07, 6.45) is 0. The summed E-state index contributed by atoms with van der Waals surface area (Å²) in [5.74, 6) is 0. The molecule has 1 heterocycles. The van der Waals surface area contributed by atoms with Crippen molar-refractivity contribution < 1.29 is 0 Å². The van der Waals surface area contributed by atoms with Crippen LogP contribution in [-0.4, -0.2) is 4.98 Å². The van der Waals surface area contributed by atoms with Crippen molar-refractivity contribution in [1.82, 2.24) is 4.98 Å². The van der Waals surface area contributed by atoms with Crippen LogP contribution < -0.4 is 5.73 Å². The summed E-state index contributed by atoms with van der Waals surface area (Å²) < 4.78 is 0. The Labute approximate surface area is 135 Å². The summed E-state index contributed by atoms with van der Waals surface area (Å²) in [5.41, 5.74) is 11.1. The molecule has 0 aliphatic heterocycles. The molecule has 2 heteroatoms. The van der Waals surface area contributed by atoms with Crippen LogP contribution in [0.15, 0.2) is 84.9 Å². The molecule has 0 bridgehead atoms. The van der Waals surface area contributed by atoms with Gasteiger partial charge in [-0.1, -0.05) is 84.9 Å². The Morgan fingerprint density at radius 3 is 1.61 bits per heavy atom. The number of nitrogens with two attached hydrogens (primary N) is 1. The topological polar surface area (TPSA) is 38.9 Å². The first-order valence-corrected chi connectivity index (χ1v) is 7.63. The van der Waals surface area contributed by atoms with Crippen LogP contribution in [-0.2, 0) is 0 Å². The summed E-state index contributed by atoms with van der Waals surface area (Å²) in [6.45, 7) is 0. The van der Waals surface area contributed by atoms with E-state index in [1.807, 2.05) is 60.7 Å². The van der Waals surface area contributed by atoms with E-state index in [0.717, 1.165) is 39.0 Å². The highest BCUT2D eigenvalue weighted by Crippen LogP contribution is 2.36. The van der Waals surface area contributed by atoms with E-state index >= 15 is 0 Å². The molecule has 2 nitrogen and oxygen atoms in total. The highest BCUT2D eigenvalue weighted by atomic mass is 14.8. The normalized spacial score (nSPS) is 10.8. The average molecular weight is 296 g/mol. The molecule has 0 saturated heterocycles. The number of rotatable bonds is 2. The maximum Gasteiger partial charge on any atom is 0.0945 e. The fourth-order valence-corrected chi connectivity index (χ4v) is 2.92. The summed E-state index contributed by atoms with van der Waals surface area (Å²) in [4.78, 5) is 4.92. The third-order valence-corrected chi connectivity index (χ3v) is 4.05. The van der Waals surface area contributed by atoms with E-state index in [2.05, 4.69) is 24.3 Å². The molecule has 0 aliphatic rings. The quantitative estimate of drug-likeness (QED) is 0.555. The van der Waals surface area contributed by atoms with Gasteiger partial charge in [0.1, 0.15) is 0 Å². The molecule has 4 aromatic rings. The van der Waals surface area contributed by atoms with Crippen molar-refractivity contribution in [3.8, 4) is 22.5 Å². The second-order valence-electron chi connectivity index (χ2n) is 5.50. The molecule has 0 saturated carbocycles. The number of fused-ring (bicyclic) bond motifs is 1. The lowest BCUT2D eigenvalue weighted by atomic mass is 9.99. The predicted octanol–water partition coefficient (Wildman–Crippen LogP) is 5.15. The Bertz CT molecular complexity index is 961. The van der Waals surface area contributed by atoms with E-state index in [1.54, 1.807) is 0 Å². The zero-order chi connectivity index (χ0) is 15.6. The molecule has 0 aliphatic carbocycles. The number of hydrogen-bond acceptors (Lipinski definition) is 2. The third kappa shape index (κ3) is 2.34. The van der Waals surface area contributed by atoms with E-state index in [9.17, 15) is 0 Å². The van der Waals surface area contributed by atoms with Gasteiger partial charge >= 0.3 is 0 Å². The molecule has 4 rings (SSSR count). The van der Waals surface area contributed by atoms with Crippen molar-refractivity contribution >= 4 is 16.5 Å². The highest BCUT2D eigenvalue weighted by Gasteiger charge is 2.13. The number of nitrogens with zero attached hydrogens (tertiary/aromatic N) is 1. The van der Waals surface area contributed by atoms with Gasteiger partial charge in [0.2, 0.25) is 0 Å². The van der Waals surface area contributed by atoms with Crippen LogP contribution in [0.2, 0.25) is 0 Å². The minimum Gasteiger partial charge on any atom is -0.396 e. The van der Waals surface area contributed by atoms with Crippen molar-refractivity contribution in [2.24, 2.45) is 0 Å². The zero-order valence-electron chi connectivity index (χ0n) is 12.6. The second kappa shape index (κ2) is 5.58. The van der Waals surface area contributed by atoms with Crippen LogP contribution in [0.4, 0.5) is 5.69 Å². The Hall–Kier alpha value is -3.13. The molecule has 1 aromatic heterocycles. The van der Waals surface area contributed by atoms with Crippen molar-refractivity contribution in [3.63, 3.8) is 0 Å². The van der Waals surface area contributed by atoms with Gasteiger partial charge in [-0.15, -0.1) is 0 Å². The summed E-state index contributed by atoms with van der Waals surface area (Å²) in [7, 11) is 0. The molecule has 110 valence electrons. The van der Waals surface area contributed by atoms with E-state index in [4.69, 9.17) is 10.7 Å². The van der Waals surface area contributed by atoms with Crippen LogP contribution in [0.1, 0.15) is 0 Å². The minimum absolute atomic E-state index is 0.728. The van der Waals surface area contributed by atoms with Gasteiger partial charge in [0.15, 0.2) is 0 Å². The van der Waals surface area contributed by atoms with Gasteiger partial charge in [-0.05, 0) is 0 Å². The van der Waals surface area contributed by atoms with Gasteiger partial charge in [-0.2, -0.15) is 0 Å². The molecule has 3 aromatic carbocycles. The number of benzene rings is 3. The van der Waals surface area contributed by atoms with Crippen LogP contribution >= 0.6 is 0 Å². The van der Waals surface area contributed by atoms with Gasteiger partial charge in [0, 0.05) is 21.9 Å². The molecule has 0 radical (unpaired) electrons. The first-order chi connectivity index (χ1) is 11.3. The van der Waals surface area contributed by atoms with Crippen LogP contribution in [0, 0.1) is 0 Å². The minimum atomic E-state index is 0.728. The van der Waals surface area contributed by atoms with E-state index in [1.165, 1.54) is 0 Å². The number of aromatic nitrogens is 1. The molecule has 0 atom stereocenters. The fraction of sp³-hybridized carbons (Fsp3) is 0. The van der Waals surface area contributed by atoms with Gasteiger partial charge in [-0.25, -0.2) is 4.98 Å². The number of pyridine rings is 1. The van der Waals surface area contributed by atoms with Gasteiger partial charge in [-0.3, -0.25) is 0 Å². The van der Waals surface area contributed by atoms with Crippen molar-refractivity contribution in [3.05, 3.63) is 84.9 Å². The van der Waals surface area contributed by atoms with Gasteiger partial charge in [0.05, 0.1) is 17.1 Å². The van der Waals surface area contributed by atoms with Gasteiger partial charge in [0.25, 0.3) is 0 Å². The van der Waals surface area contributed by atoms with Crippen molar-refractivity contribution in [2.45, 2.75) is 0 Å². The van der Waals surface area contributed by atoms with Crippen molar-refractivity contribution in [1.29, 1.82) is 0 Å². The fourth-order valence-electron chi connectivity index (χ4n) is 2.92. The Morgan fingerprint density at radius 2 is 1.00 bits per heavy atom. The largest absolute Gasteiger partial charge is 0.396 e. The molecule has 0 unspecified atom stereocenters. The lowest BCUT2D eigenvalue weighted by Crippen LogP contribution is -1.98. The summed E-state index contributed by atoms with van der Waals surface area (Å²) in [6, 6.07) is 28.5. The average Bonchev–Trinajstić information content (AvgIpc) is 2.64. The summed E-state index contributed by atoms with van der Waals surface area (Å²) >= 11 is 0. The van der Waals surface area contributed by atoms with Crippen LogP contribution in [0.25, 0.3) is 33.3 Å². The number of nitrogen functional groups attached to an aromatic ring is 1. The monoisotopic (exact) mass is 296 g/mol. The molecule has 23 heavy (non-hydrogen) atoms. The lowest BCUT2D eigenvalue weighted by molar-refractivity contribution is 1.35. The number of anilines is 1.